The quantitative estimate of drug-likeness (QED) is 0.436. The zero-order valence-electron chi connectivity index (χ0n) is 4.32. The molecule has 0 aromatic carbocycles. The summed E-state index contributed by atoms with van der Waals surface area (Å²) in [4.78, 5) is 2.05. The molecule has 7 heavy (non-hydrogen) atoms. The third kappa shape index (κ3) is 0.800. The van der Waals surface area contributed by atoms with Gasteiger partial charge < -0.3 is 0 Å². The van der Waals surface area contributed by atoms with Crippen LogP contribution >= 0.6 is 0 Å². The first-order chi connectivity index (χ1) is 3.33. The zero-order valence-corrected chi connectivity index (χ0v) is 4.32. The summed E-state index contributed by atoms with van der Waals surface area (Å²) in [6.45, 7) is 1.63. The van der Waals surface area contributed by atoms with E-state index in [1.165, 1.54) is 0 Å². The number of halogens is 1. The second-order valence-corrected chi connectivity index (χ2v) is 1.94. The van der Waals surface area contributed by atoms with Gasteiger partial charge in [0.25, 0.3) is 0 Å². The number of hydrogen-bond donors (Lipinski definition) is 0. The smallest absolute Gasteiger partial charge is 0.0884 e. The highest BCUT2D eigenvalue weighted by Crippen LogP contribution is 2.09. The van der Waals surface area contributed by atoms with Crippen LogP contribution in [0.15, 0.2) is 11.9 Å². The highest BCUT2D eigenvalue weighted by molar-refractivity contribution is 5.10. The van der Waals surface area contributed by atoms with Gasteiger partial charge in [0.15, 0.2) is 0 Å². The van der Waals surface area contributed by atoms with E-state index >= 15 is 0 Å². The van der Waals surface area contributed by atoms with Crippen molar-refractivity contribution in [3.05, 3.63) is 11.9 Å². The highest BCUT2D eigenvalue weighted by atomic mass is 19.1. The molecule has 0 bridgehead atoms. The molecule has 1 aliphatic rings. The summed E-state index contributed by atoms with van der Waals surface area (Å²) in [5, 5.41) is 0. The van der Waals surface area contributed by atoms with Crippen molar-refractivity contribution in [1.82, 2.24) is 4.90 Å². The van der Waals surface area contributed by atoms with E-state index in [0.29, 0.717) is 6.33 Å². The predicted molar refractivity (Wildman–Crippen MR) is 26.7 cm³/mol. The molecule has 2 heteroatoms. The SMILES string of the molecule is CN1CC(=CF)C1. The van der Waals surface area contributed by atoms with Gasteiger partial charge in [-0.1, -0.05) is 0 Å². The van der Waals surface area contributed by atoms with Gasteiger partial charge in [0, 0.05) is 13.1 Å². The van der Waals surface area contributed by atoms with E-state index in [9.17, 15) is 4.39 Å². The molecule has 1 saturated heterocycles. The summed E-state index contributed by atoms with van der Waals surface area (Å²) in [5.74, 6) is 0. The van der Waals surface area contributed by atoms with Gasteiger partial charge in [-0.05, 0) is 12.6 Å². The summed E-state index contributed by atoms with van der Waals surface area (Å²) >= 11 is 0. The average molecular weight is 101 g/mol. The van der Waals surface area contributed by atoms with Crippen LogP contribution < -0.4 is 0 Å². The van der Waals surface area contributed by atoms with Gasteiger partial charge in [-0.3, -0.25) is 4.90 Å². The van der Waals surface area contributed by atoms with Crippen LogP contribution in [0.25, 0.3) is 0 Å². The molecule has 0 unspecified atom stereocenters. The van der Waals surface area contributed by atoms with Crippen LogP contribution in [-0.4, -0.2) is 25.0 Å². The average Bonchev–Trinajstić information content (AvgIpc) is 1.58. The number of rotatable bonds is 0. The van der Waals surface area contributed by atoms with Crippen LogP contribution in [0.2, 0.25) is 0 Å². The molecule has 0 aromatic heterocycles. The molecule has 0 aromatic rings. The number of hydrogen-bond acceptors (Lipinski definition) is 1. The largest absolute Gasteiger partial charge is 0.298 e. The molecular weight excluding hydrogens is 93.1 g/mol. The summed E-state index contributed by atoms with van der Waals surface area (Å²) in [7, 11) is 1.97. The van der Waals surface area contributed by atoms with Crippen LogP contribution in [0.3, 0.4) is 0 Å². The molecule has 1 fully saturated rings. The molecule has 1 rings (SSSR count). The number of likely N-dealkylation sites (N-methyl/N-ethyl adjacent to an activating group) is 1. The molecule has 40 valence electrons. The van der Waals surface area contributed by atoms with Crippen molar-refractivity contribution >= 4 is 0 Å². The Morgan fingerprint density at radius 2 is 2.29 bits per heavy atom. The second-order valence-electron chi connectivity index (χ2n) is 1.94. The summed E-state index contributed by atoms with van der Waals surface area (Å²) in [6.07, 6.45) is 0.694. The molecule has 1 nitrogen and oxygen atoms in total. The van der Waals surface area contributed by atoms with Crippen LogP contribution in [0, 0.1) is 0 Å². The Hall–Kier alpha value is -0.370. The van der Waals surface area contributed by atoms with Crippen molar-refractivity contribution in [1.29, 1.82) is 0 Å². The maximum Gasteiger partial charge on any atom is 0.0884 e. The van der Waals surface area contributed by atoms with E-state index in [1.54, 1.807) is 0 Å². The molecule has 0 radical (unpaired) electrons. The lowest BCUT2D eigenvalue weighted by Crippen LogP contribution is -2.35. The first kappa shape index (κ1) is 4.78. The van der Waals surface area contributed by atoms with Crippen molar-refractivity contribution in [3.63, 3.8) is 0 Å². The minimum absolute atomic E-state index is 0.694. The first-order valence-electron chi connectivity index (χ1n) is 2.29. The maximum atomic E-state index is 11.4. The van der Waals surface area contributed by atoms with Crippen molar-refractivity contribution in [2.45, 2.75) is 0 Å². The molecule has 0 atom stereocenters. The van der Waals surface area contributed by atoms with Crippen LogP contribution in [0.1, 0.15) is 0 Å². The lowest BCUT2D eigenvalue weighted by Gasteiger charge is -2.28. The van der Waals surface area contributed by atoms with E-state index in [2.05, 4.69) is 0 Å². The maximum absolute atomic E-state index is 11.4. The second kappa shape index (κ2) is 1.62. The first-order valence-corrected chi connectivity index (χ1v) is 2.29. The minimum atomic E-state index is 0.694. The van der Waals surface area contributed by atoms with Gasteiger partial charge in [0.2, 0.25) is 0 Å². The fraction of sp³-hybridized carbons (Fsp3) is 0.600. The lowest BCUT2D eigenvalue weighted by atomic mass is 10.1. The van der Waals surface area contributed by atoms with Crippen LogP contribution in [-0.2, 0) is 0 Å². The Bertz CT molecular complexity index is 90.3. The fourth-order valence-electron chi connectivity index (χ4n) is 0.716. The Kier molecular flexibility index (Phi) is 1.11. The molecule has 0 spiro atoms. The molecule has 1 heterocycles. The molecule has 0 aliphatic carbocycles. The van der Waals surface area contributed by atoms with Gasteiger partial charge in [-0.2, -0.15) is 0 Å². The normalized spacial score (nSPS) is 21.7. The van der Waals surface area contributed by atoms with Crippen molar-refractivity contribution < 1.29 is 4.39 Å². The summed E-state index contributed by atoms with van der Waals surface area (Å²) in [6, 6.07) is 0. The third-order valence-electron chi connectivity index (χ3n) is 1.10. The number of likely N-dealkylation sites (tertiary alicyclic amines) is 1. The minimum Gasteiger partial charge on any atom is -0.298 e. The van der Waals surface area contributed by atoms with Crippen molar-refractivity contribution in [2.24, 2.45) is 0 Å². The Labute approximate surface area is 42.4 Å². The van der Waals surface area contributed by atoms with E-state index in [1.807, 2.05) is 11.9 Å². The van der Waals surface area contributed by atoms with Gasteiger partial charge in [0.1, 0.15) is 0 Å². The molecule has 0 saturated carbocycles. The van der Waals surface area contributed by atoms with Gasteiger partial charge in [-0.15, -0.1) is 0 Å². The van der Waals surface area contributed by atoms with Gasteiger partial charge in [-0.25, -0.2) is 4.39 Å². The fourth-order valence-corrected chi connectivity index (χ4v) is 0.716. The third-order valence-corrected chi connectivity index (χ3v) is 1.10. The summed E-state index contributed by atoms with van der Waals surface area (Å²) < 4.78 is 11.4. The van der Waals surface area contributed by atoms with E-state index in [-0.39, 0.29) is 0 Å². The summed E-state index contributed by atoms with van der Waals surface area (Å²) in [5.41, 5.74) is 0.905. The standard InChI is InChI=1S/C5H8FN/c1-7-3-5(2-6)4-7/h2H,3-4H2,1H3. The topological polar surface area (TPSA) is 3.24 Å². The number of nitrogens with zero attached hydrogens (tertiary/aromatic N) is 1. The molecule has 1 aliphatic heterocycles. The Morgan fingerprint density at radius 1 is 1.71 bits per heavy atom. The predicted octanol–water partition coefficient (Wildman–Crippen LogP) is 0.785. The van der Waals surface area contributed by atoms with Crippen molar-refractivity contribution in [2.75, 3.05) is 20.1 Å². The lowest BCUT2D eigenvalue weighted by molar-refractivity contribution is 0.304. The van der Waals surface area contributed by atoms with E-state index in [4.69, 9.17) is 0 Å². The van der Waals surface area contributed by atoms with Gasteiger partial charge >= 0.3 is 0 Å². The molecule has 0 N–H and O–H groups in total. The van der Waals surface area contributed by atoms with Crippen LogP contribution in [0.4, 0.5) is 4.39 Å². The Morgan fingerprint density at radius 3 is 2.43 bits per heavy atom. The molecule has 0 amide bonds. The molecular formula is C5H8FN. The van der Waals surface area contributed by atoms with Gasteiger partial charge in [0.05, 0.1) is 6.33 Å². The Balaban J connectivity index is 2.30. The van der Waals surface area contributed by atoms with Crippen LogP contribution in [0.5, 0.6) is 0 Å². The monoisotopic (exact) mass is 101 g/mol. The van der Waals surface area contributed by atoms with E-state index in [0.717, 1.165) is 18.7 Å². The zero-order chi connectivity index (χ0) is 5.28. The van der Waals surface area contributed by atoms with E-state index < -0.39 is 0 Å². The van der Waals surface area contributed by atoms with Crippen molar-refractivity contribution in [3.8, 4) is 0 Å². The highest BCUT2D eigenvalue weighted by Gasteiger charge is 2.13.